The number of tetrazole rings is 1. The number of hydrogen-bond donors (Lipinski definition) is 2. The summed E-state index contributed by atoms with van der Waals surface area (Å²) in [6.07, 6.45) is 2.32. The molecule has 1 unspecified atom stereocenters. The van der Waals surface area contributed by atoms with Crippen molar-refractivity contribution in [3.63, 3.8) is 0 Å². The number of aromatic nitrogens is 4. The summed E-state index contributed by atoms with van der Waals surface area (Å²) < 4.78 is 13.5. The van der Waals surface area contributed by atoms with E-state index in [2.05, 4.69) is 20.8 Å². The number of allylic oxidation sites excluding steroid dienone is 1. The van der Waals surface area contributed by atoms with Crippen LogP contribution in [-0.2, 0) is 9.53 Å². The maximum atomic E-state index is 11.1. The Labute approximate surface area is 230 Å². The van der Waals surface area contributed by atoms with Crippen LogP contribution in [-0.4, -0.2) is 39.5 Å². The van der Waals surface area contributed by atoms with Gasteiger partial charge in [0.25, 0.3) is 0 Å². The molecule has 0 aliphatic carbocycles. The van der Waals surface area contributed by atoms with E-state index >= 15 is 0 Å². The molecule has 2 N–H and O–H groups in total. The first kappa shape index (κ1) is 26.7. The number of carboxylic acids is 1. The van der Waals surface area contributed by atoms with Gasteiger partial charge in [0, 0.05) is 36.0 Å². The summed E-state index contributed by atoms with van der Waals surface area (Å²) in [6, 6.07) is 15.1. The topological polar surface area (TPSA) is 120 Å². The standard InChI is InChI=1S/C23H25N6O4S.Na/c1-2-32-21-9-16(10-22(30)31)13-28(14-21)18-6-4-8-20(12-18)33-15-24-17-5-3-7-19(11-17)29-23(34)25-26-27-29;/h3-8,11-14,16,24H,2,9-10,15H2,1H3,(H,30,31)(H,25,27,34);/q;+1/p-1. The number of anilines is 2. The number of aromatic amines is 1. The third-order valence-corrected chi connectivity index (χ3v) is 5.35. The molecule has 1 aliphatic rings. The molecule has 3 aromatic rings. The third-order valence-electron chi connectivity index (χ3n) is 5.08. The summed E-state index contributed by atoms with van der Waals surface area (Å²) in [7, 11) is 0. The van der Waals surface area contributed by atoms with E-state index in [0.717, 1.165) is 22.8 Å². The van der Waals surface area contributed by atoms with Gasteiger partial charge < -0.3 is 29.6 Å². The third kappa shape index (κ3) is 7.31. The zero-order valence-electron chi connectivity index (χ0n) is 19.5. The molecular formula is C23H24N6NaO4S. The van der Waals surface area contributed by atoms with Gasteiger partial charge in [-0.15, -0.1) is 0 Å². The zero-order chi connectivity index (χ0) is 23.9. The molecule has 2 aromatic carbocycles. The van der Waals surface area contributed by atoms with E-state index in [-0.39, 0.29) is 48.6 Å². The quantitative estimate of drug-likeness (QED) is 0.220. The van der Waals surface area contributed by atoms with Crippen molar-refractivity contribution in [3.05, 3.63) is 71.8 Å². The van der Waals surface area contributed by atoms with Gasteiger partial charge in [-0.3, -0.25) is 0 Å². The van der Waals surface area contributed by atoms with Crippen LogP contribution < -0.4 is 49.6 Å². The molecule has 177 valence electrons. The van der Waals surface area contributed by atoms with Crippen LogP contribution in [0.4, 0.5) is 11.4 Å². The van der Waals surface area contributed by atoms with Crippen molar-refractivity contribution in [1.82, 2.24) is 20.2 Å². The maximum absolute atomic E-state index is 11.1. The number of nitrogens with zero attached hydrogens (tertiary/aromatic N) is 4. The molecular weight excluding hydrogens is 479 g/mol. The Hall–Kier alpha value is -2.86. The normalized spacial score (nSPS) is 15.1. The molecule has 1 aliphatic heterocycles. The van der Waals surface area contributed by atoms with Gasteiger partial charge in [-0.05, 0) is 61.8 Å². The molecule has 10 nitrogen and oxygen atoms in total. The summed E-state index contributed by atoms with van der Waals surface area (Å²) in [5, 5.41) is 24.5. The van der Waals surface area contributed by atoms with E-state index in [4.69, 9.17) is 21.7 Å². The Balaban J connectivity index is 0.00000342. The van der Waals surface area contributed by atoms with Crippen LogP contribution in [0.2, 0.25) is 0 Å². The molecule has 0 saturated carbocycles. The fourth-order valence-corrected chi connectivity index (χ4v) is 3.81. The molecule has 0 saturated heterocycles. The van der Waals surface area contributed by atoms with Gasteiger partial charge in [0.05, 0.1) is 18.8 Å². The Morgan fingerprint density at radius 2 is 2.03 bits per heavy atom. The number of nitrogens with one attached hydrogen (secondary N) is 2. The average Bonchev–Trinajstić information content (AvgIpc) is 3.25. The van der Waals surface area contributed by atoms with Crippen molar-refractivity contribution in [2.75, 3.05) is 23.6 Å². The summed E-state index contributed by atoms with van der Waals surface area (Å²) >= 11 is 5.14. The predicted molar refractivity (Wildman–Crippen MR) is 126 cm³/mol. The second-order valence-corrected chi connectivity index (χ2v) is 7.92. The molecule has 35 heavy (non-hydrogen) atoms. The Kier molecular flexibility index (Phi) is 9.73. The van der Waals surface area contributed by atoms with Crippen LogP contribution in [0, 0.1) is 17.2 Å². The fraction of sp³-hybridized carbons (Fsp3) is 0.261. The monoisotopic (exact) mass is 503 g/mol. The maximum Gasteiger partial charge on any atom is 1.00 e. The van der Waals surface area contributed by atoms with Gasteiger partial charge in [-0.25, -0.2) is 4.68 Å². The first-order valence-corrected chi connectivity index (χ1v) is 11.2. The average molecular weight is 504 g/mol. The van der Waals surface area contributed by atoms with Crippen LogP contribution in [0.3, 0.4) is 0 Å². The minimum atomic E-state index is -1.09. The van der Waals surface area contributed by atoms with Crippen LogP contribution in [0.25, 0.3) is 5.69 Å². The zero-order valence-corrected chi connectivity index (χ0v) is 22.3. The molecule has 1 radical (unpaired) electrons. The number of carbonyl (C=O) groups is 1. The number of rotatable bonds is 10. The Morgan fingerprint density at radius 1 is 1.23 bits per heavy atom. The summed E-state index contributed by atoms with van der Waals surface area (Å²) in [6.45, 7) is 4.51. The first-order chi connectivity index (χ1) is 16.5. The molecule has 2 heterocycles. The fourth-order valence-electron chi connectivity index (χ4n) is 3.63. The van der Waals surface area contributed by atoms with Crippen LogP contribution in [0.15, 0.2) is 60.5 Å². The number of ether oxygens (including phenoxy) is 2. The number of hydrogen-bond acceptors (Lipinski definition) is 9. The van der Waals surface area contributed by atoms with Crippen molar-refractivity contribution in [3.8, 4) is 11.4 Å². The minimum absolute atomic E-state index is 0. The molecule has 4 rings (SSSR count). The molecule has 0 bridgehead atoms. The SMILES string of the molecule is CCOC1=CN(c2cccc(OCNc3cccc(-n4[nH]nnc4=S)c3)c2)[CH]C(CC(=O)[O-])C1.[Na+]. The van der Waals surface area contributed by atoms with Gasteiger partial charge in [0.1, 0.15) is 11.5 Å². The minimum Gasteiger partial charge on any atom is -0.550 e. The summed E-state index contributed by atoms with van der Waals surface area (Å²) in [5.74, 6) is 0.0885. The number of carboxylic acid groups (broad SMARTS) is 1. The van der Waals surface area contributed by atoms with Gasteiger partial charge in [-0.2, -0.15) is 5.21 Å². The van der Waals surface area contributed by atoms with E-state index in [9.17, 15) is 9.90 Å². The number of H-pyrrole nitrogens is 1. The molecule has 1 atom stereocenters. The number of aliphatic carboxylic acids is 1. The van der Waals surface area contributed by atoms with Crippen LogP contribution in [0.5, 0.6) is 5.75 Å². The first-order valence-electron chi connectivity index (χ1n) is 10.8. The van der Waals surface area contributed by atoms with Gasteiger partial charge in [-0.1, -0.05) is 22.4 Å². The van der Waals surface area contributed by atoms with E-state index in [1.54, 1.807) is 4.68 Å². The second-order valence-electron chi connectivity index (χ2n) is 7.56. The van der Waals surface area contributed by atoms with Crippen molar-refractivity contribution in [1.29, 1.82) is 0 Å². The van der Waals surface area contributed by atoms with Crippen molar-refractivity contribution < 1.29 is 48.9 Å². The molecule has 0 spiro atoms. The molecule has 0 fully saturated rings. The Bertz CT molecular complexity index is 1230. The van der Waals surface area contributed by atoms with E-state index < -0.39 is 5.97 Å². The predicted octanol–water partition coefficient (Wildman–Crippen LogP) is -0.217. The largest absolute Gasteiger partial charge is 1.00 e. The smallest absolute Gasteiger partial charge is 0.550 e. The summed E-state index contributed by atoms with van der Waals surface area (Å²) in [5.41, 5.74) is 2.47. The van der Waals surface area contributed by atoms with E-state index in [0.29, 0.717) is 23.5 Å². The molecule has 0 amide bonds. The van der Waals surface area contributed by atoms with Gasteiger partial charge in [0.2, 0.25) is 4.77 Å². The van der Waals surface area contributed by atoms with Gasteiger partial charge >= 0.3 is 29.6 Å². The van der Waals surface area contributed by atoms with Crippen molar-refractivity contribution in [2.45, 2.75) is 19.8 Å². The number of carbonyl (C=O) groups excluding carboxylic acids is 1. The van der Waals surface area contributed by atoms with Crippen LogP contribution >= 0.6 is 12.2 Å². The summed E-state index contributed by atoms with van der Waals surface area (Å²) in [4.78, 5) is 13.0. The van der Waals surface area contributed by atoms with Crippen molar-refractivity contribution >= 4 is 29.6 Å². The van der Waals surface area contributed by atoms with Crippen LogP contribution in [0.1, 0.15) is 19.8 Å². The van der Waals surface area contributed by atoms with E-state index in [1.165, 1.54) is 0 Å². The molecule has 1 aromatic heterocycles. The Morgan fingerprint density at radius 3 is 2.77 bits per heavy atom. The van der Waals surface area contributed by atoms with Crippen molar-refractivity contribution in [2.24, 2.45) is 5.92 Å². The molecule has 12 heteroatoms. The van der Waals surface area contributed by atoms with Gasteiger partial charge in [0.15, 0.2) is 6.73 Å². The second kappa shape index (κ2) is 12.7. The number of benzene rings is 2. The van der Waals surface area contributed by atoms with E-state index in [1.807, 2.05) is 73.1 Å².